The first-order chi connectivity index (χ1) is 6.60. The Morgan fingerprint density at radius 3 is 2.86 bits per heavy atom. The second kappa shape index (κ2) is 4.75. The molecule has 0 spiro atoms. The van der Waals surface area contributed by atoms with Crippen molar-refractivity contribution in [2.24, 2.45) is 5.73 Å². The van der Waals surface area contributed by atoms with Gasteiger partial charge in [-0.1, -0.05) is 0 Å². The summed E-state index contributed by atoms with van der Waals surface area (Å²) in [6, 6.07) is 0. The lowest BCUT2D eigenvalue weighted by molar-refractivity contribution is -0.149. The zero-order valence-electron chi connectivity index (χ0n) is 9.08. The first-order valence-electron chi connectivity index (χ1n) is 5.20. The highest BCUT2D eigenvalue weighted by Gasteiger charge is 2.39. The van der Waals surface area contributed by atoms with Crippen molar-refractivity contribution in [3.8, 4) is 0 Å². The normalized spacial score (nSPS) is 26.5. The van der Waals surface area contributed by atoms with Gasteiger partial charge in [-0.3, -0.25) is 4.79 Å². The highest BCUT2D eigenvalue weighted by Crippen LogP contribution is 2.26. The van der Waals surface area contributed by atoms with Gasteiger partial charge in [0.05, 0.1) is 0 Å². The molecule has 0 aromatic heterocycles. The lowest BCUT2D eigenvalue weighted by atomic mass is 10.0. The van der Waals surface area contributed by atoms with E-state index in [9.17, 15) is 4.79 Å². The van der Waals surface area contributed by atoms with E-state index in [1.807, 2.05) is 14.0 Å². The topological polar surface area (TPSA) is 55.6 Å². The monoisotopic (exact) mass is 200 g/mol. The molecule has 0 radical (unpaired) electrons. The minimum Gasteiger partial charge on any atom is -0.365 e. The molecule has 1 amide bonds. The maximum atomic E-state index is 11.9. The van der Waals surface area contributed by atoms with Crippen LogP contribution in [0.3, 0.4) is 0 Å². The van der Waals surface area contributed by atoms with E-state index in [2.05, 4.69) is 0 Å². The number of nitrogens with zero attached hydrogens (tertiary/aromatic N) is 1. The second-order valence-corrected chi connectivity index (χ2v) is 4.05. The van der Waals surface area contributed by atoms with Gasteiger partial charge >= 0.3 is 0 Å². The average molecular weight is 200 g/mol. The summed E-state index contributed by atoms with van der Waals surface area (Å²) in [5.74, 6) is 0.0865. The van der Waals surface area contributed by atoms with E-state index in [-0.39, 0.29) is 5.91 Å². The summed E-state index contributed by atoms with van der Waals surface area (Å²) in [7, 11) is 1.81. The van der Waals surface area contributed by atoms with Crippen LogP contribution in [0, 0.1) is 0 Å². The van der Waals surface area contributed by atoms with Crippen LogP contribution in [0.15, 0.2) is 0 Å². The first kappa shape index (κ1) is 11.5. The van der Waals surface area contributed by atoms with Crippen molar-refractivity contribution in [2.75, 3.05) is 26.7 Å². The molecule has 0 aromatic rings. The highest BCUT2D eigenvalue weighted by atomic mass is 16.5. The van der Waals surface area contributed by atoms with E-state index in [4.69, 9.17) is 10.5 Å². The molecule has 1 aliphatic rings. The fourth-order valence-electron chi connectivity index (χ4n) is 1.78. The molecule has 1 atom stereocenters. The van der Waals surface area contributed by atoms with Crippen LogP contribution in [0.4, 0.5) is 0 Å². The molecule has 1 aliphatic heterocycles. The number of hydrogen-bond acceptors (Lipinski definition) is 3. The Bertz CT molecular complexity index is 200. The molecule has 1 saturated heterocycles. The van der Waals surface area contributed by atoms with Crippen molar-refractivity contribution >= 4 is 5.91 Å². The van der Waals surface area contributed by atoms with Crippen molar-refractivity contribution in [3.63, 3.8) is 0 Å². The zero-order valence-corrected chi connectivity index (χ0v) is 9.08. The summed E-state index contributed by atoms with van der Waals surface area (Å²) >= 11 is 0. The Balaban J connectivity index is 2.46. The molecule has 1 rings (SSSR count). The fraction of sp³-hybridized carbons (Fsp3) is 0.900. The van der Waals surface area contributed by atoms with E-state index in [0.29, 0.717) is 19.7 Å². The molecular formula is C10H20N2O2. The van der Waals surface area contributed by atoms with Crippen molar-refractivity contribution in [1.82, 2.24) is 4.90 Å². The van der Waals surface area contributed by atoms with Gasteiger partial charge in [0.25, 0.3) is 5.91 Å². The van der Waals surface area contributed by atoms with Crippen LogP contribution >= 0.6 is 0 Å². The first-order valence-corrected chi connectivity index (χ1v) is 5.20. The van der Waals surface area contributed by atoms with Crippen molar-refractivity contribution in [3.05, 3.63) is 0 Å². The number of nitrogens with two attached hydrogens (primary N) is 1. The fourth-order valence-corrected chi connectivity index (χ4v) is 1.78. The molecular weight excluding hydrogens is 180 g/mol. The molecule has 14 heavy (non-hydrogen) atoms. The Morgan fingerprint density at radius 2 is 2.36 bits per heavy atom. The van der Waals surface area contributed by atoms with Gasteiger partial charge in [-0.2, -0.15) is 0 Å². The summed E-state index contributed by atoms with van der Waals surface area (Å²) < 4.78 is 5.48. The lowest BCUT2D eigenvalue weighted by Gasteiger charge is -2.28. The van der Waals surface area contributed by atoms with Crippen molar-refractivity contribution < 1.29 is 9.53 Å². The maximum Gasteiger partial charge on any atom is 0.254 e. The number of ether oxygens (including phenoxy) is 1. The molecule has 4 heteroatoms. The van der Waals surface area contributed by atoms with E-state index in [1.165, 1.54) is 0 Å². The van der Waals surface area contributed by atoms with E-state index < -0.39 is 5.60 Å². The van der Waals surface area contributed by atoms with Crippen molar-refractivity contribution in [2.45, 2.75) is 31.8 Å². The maximum absolute atomic E-state index is 11.9. The average Bonchev–Trinajstić information content (AvgIpc) is 2.61. The van der Waals surface area contributed by atoms with Crippen LogP contribution in [0.25, 0.3) is 0 Å². The number of amides is 1. The Hall–Kier alpha value is -0.610. The standard InChI is InChI=1S/C10H20N2O2/c1-10(5-3-8-14-10)9(13)12(2)7-4-6-11/h3-8,11H2,1-2H3. The molecule has 0 saturated carbocycles. The quantitative estimate of drug-likeness (QED) is 0.713. The Morgan fingerprint density at radius 1 is 1.64 bits per heavy atom. The molecule has 0 aromatic carbocycles. The number of carbonyl (C=O) groups is 1. The molecule has 0 bridgehead atoms. The third-order valence-electron chi connectivity index (χ3n) is 2.72. The molecule has 82 valence electrons. The number of hydrogen-bond donors (Lipinski definition) is 1. The minimum absolute atomic E-state index is 0.0865. The van der Waals surface area contributed by atoms with Gasteiger partial charge in [0.2, 0.25) is 0 Å². The molecule has 2 N–H and O–H groups in total. The highest BCUT2D eigenvalue weighted by molar-refractivity contribution is 5.84. The van der Waals surface area contributed by atoms with Gasteiger partial charge in [-0.15, -0.1) is 0 Å². The largest absolute Gasteiger partial charge is 0.365 e. The van der Waals surface area contributed by atoms with Gasteiger partial charge in [-0.05, 0) is 32.7 Å². The third-order valence-corrected chi connectivity index (χ3v) is 2.72. The molecule has 0 aliphatic carbocycles. The van der Waals surface area contributed by atoms with Crippen LogP contribution in [0.2, 0.25) is 0 Å². The van der Waals surface area contributed by atoms with E-state index in [1.54, 1.807) is 4.90 Å². The van der Waals surface area contributed by atoms with Crippen LogP contribution in [-0.2, 0) is 9.53 Å². The molecule has 4 nitrogen and oxygen atoms in total. The van der Waals surface area contributed by atoms with Gasteiger partial charge < -0.3 is 15.4 Å². The van der Waals surface area contributed by atoms with Crippen LogP contribution in [0.5, 0.6) is 0 Å². The van der Waals surface area contributed by atoms with Crippen LogP contribution in [0.1, 0.15) is 26.2 Å². The molecule has 1 heterocycles. The Kier molecular flexibility index (Phi) is 3.89. The summed E-state index contributed by atoms with van der Waals surface area (Å²) in [4.78, 5) is 13.7. The van der Waals surface area contributed by atoms with Crippen molar-refractivity contribution in [1.29, 1.82) is 0 Å². The van der Waals surface area contributed by atoms with Gasteiger partial charge in [0.15, 0.2) is 0 Å². The lowest BCUT2D eigenvalue weighted by Crippen LogP contribution is -2.45. The van der Waals surface area contributed by atoms with E-state index in [0.717, 1.165) is 19.3 Å². The Labute approximate surface area is 85.4 Å². The van der Waals surface area contributed by atoms with Gasteiger partial charge in [0, 0.05) is 20.2 Å². The third kappa shape index (κ3) is 2.45. The number of carbonyl (C=O) groups excluding carboxylic acids is 1. The summed E-state index contributed by atoms with van der Waals surface area (Å²) in [5, 5.41) is 0. The zero-order chi connectivity index (χ0) is 10.6. The molecule has 1 unspecified atom stereocenters. The molecule has 1 fully saturated rings. The SMILES string of the molecule is CN(CCCN)C(=O)C1(C)CCCO1. The van der Waals surface area contributed by atoms with Gasteiger partial charge in [-0.25, -0.2) is 0 Å². The minimum atomic E-state index is -0.580. The smallest absolute Gasteiger partial charge is 0.254 e. The van der Waals surface area contributed by atoms with Crippen LogP contribution < -0.4 is 5.73 Å². The van der Waals surface area contributed by atoms with Gasteiger partial charge in [0.1, 0.15) is 5.60 Å². The summed E-state index contributed by atoms with van der Waals surface area (Å²) in [5.41, 5.74) is 4.81. The summed E-state index contributed by atoms with van der Waals surface area (Å²) in [6.07, 6.45) is 2.66. The second-order valence-electron chi connectivity index (χ2n) is 4.05. The number of likely N-dealkylation sites (N-methyl/N-ethyl adjacent to an activating group) is 1. The van der Waals surface area contributed by atoms with Crippen LogP contribution in [-0.4, -0.2) is 43.2 Å². The summed E-state index contributed by atoms with van der Waals surface area (Å²) in [6.45, 7) is 3.91. The predicted molar refractivity (Wildman–Crippen MR) is 54.9 cm³/mol. The predicted octanol–water partition coefficient (Wildman–Crippen LogP) is 0.363. The van der Waals surface area contributed by atoms with E-state index >= 15 is 0 Å². The number of rotatable bonds is 4.